The molecule has 0 spiro atoms. The maximum Gasteiger partial charge on any atom is 0.141 e. The largest absolute Gasteiger partial charge is 0.304 e. The molecule has 3 aliphatic heterocycles. The molecule has 3 aliphatic rings. The Morgan fingerprint density at radius 1 is 1.42 bits per heavy atom. The molecule has 3 fully saturated rings. The molecule has 104 valence electrons. The fourth-order valence-electron chi connectivity index (χ4n) is 3.42. The Balaban J connectivity index is 1.68. The Bertz CT molecular complexity index is 412. The van der Waals surface area contributed by atoms with Gasteiger partial charge in [-0.25, -0.2) is 4.39 Å². The van der Waals surface area contributed by atoms with Gasteiger partial charge in [-0.2, -0.15) is 0 Å². The summed E-state index contributed by atoms with van der Waals surface area (Å²) in [5.74, 6) is 0.543. The van der Waals surface area contributed by atoms with Crippen molar-refractivity contribution in [2.45, 2.75) is 38.3 Å². The van der Waals surface area contributed by atoms with Gasteiger partial charge >= 0.3 is 0 Å². The van der Waals surface area contributed by atoms with Gasteiger partial charge in [0.1, 0.15) is 5.82 Å². The second-order valence-electron chi connectivity index (χ2n) is 5.77. The molecule has 1 aromatic rings. The highest BCUT2D eigenvalue weighted by Crippen LogP contribution is 2.29. The molecule has 4 rings (SSSR count). The van der Waals surface area contributed by atoms with Crippen molar-refractivity contribution in [1.82, 2.24) is 15.2 Å². The molecule has 2 unspecified atom stereocenters. The summed E-state index contributed by atoms with van der Waals surface area (Å²) in [6.07, 6.45) is 4.92. The first-order chi connectivity index (χ1) is 9.26. The van der Waals surface area contributed by atoms with Crippen LogP contribution >= 0.6 is 0 Å². The van der Waals surface area contributed by atoms with E-state index in [1.165, 1.54) is 38.2 Å². The van der Waals surface area contributed by atoms with E-state index in [1.54, 1.807) is 6.07 Å². The van der Waals surface area contributed by atoms with Gasteiger partial charge in [-0.3, -0.25) is 4.98 Å². The molecular weight excluding hydrogens is 241 g/mol. The van der Waals surface area contributed by atoms with E-state index in [9.17, 15) is 4.39 Å². The highest BCUT2D eigenvalue weighted by molar-refractivity contribution is 5.10. The second kappa shape index (κ2) is 5.55. The van der Waals surface area contributed by atoms with Crippen LogP contribution in [0.15, 0.2) is 18.3 Å². The van der Waals surface area contributed by atoms with E-state index in [0.29, 0.717) is 6.04 Å². The maximum atomic E-state index is 12.9. The number of nitrogens with zero attached hydrogens (tertiary/aromatic N) is 2. The molecule has 0 amide bonds. The predicted octanol–water partition coefficient (Wildman–Crippen LogP) is 2.36. The predicted molar refractivity (Wildman–Crippen MR) is 73.3 cm³/mol. The average Bonchev–Trinajstić information content (AvgIpc) is 2.47. The lowest BCUT2D eigenvalue weighted by Crippen LogP contribution is -2.56. The van der Waals surface area contributed by atoms with Crippen molar-refractivity contribution in [3.05, 3.63) is 29.8 Å². The van der Waals surface area contributed by atoms with Crippen molar-refractivity contribution in [1.29, 1.82) is 0 Å². The van der Waals surface area contributed by atoms with Crippen molar-refractivity contribution >= 4 is 0 Å². The minimum Gasteiger partial charge on any atom is -0.304 e. The van der Waals surface area contributed by atoms with Crippen LogP contribution in [0.5, 0.6) is 0 Å². The first kappa shape index (κ1) is 13.0. The Morgan fingerprint density at radius 2 is 2.21 bits per heavy atom. The summed E-state index contributed by atoms with van der Waals surface area (Å²) in [5.41, 5.74) is 0.959. The molecule has 2 atom stereocenters. The highest BCUT2D eigenvalue weighted by atomic mass is 19.1. The summed E-state index contributed by atoms with van der Waals surface area (Å²) in [7, 11) is 0. The van der Waals surface area contributed by atoms with Crippen molar-refractivity contribution in [3.8, 4) is 0 Å². The number of hydrogen-bond acceptors (Lipinski definition) is 3. The summed E-state index contributed by atoms with van der Waals surface area (Å²) < 4.78 is 12.9. The lowest BCUT2D eigenvalue weighted by molar-refractivity contribution is 0.0663. The van der Waals surface area contributed by atoms with Gasteiger partial charge in [-0.1, -0.05) is 6.92 Å². The van der Waals surface area contributed by atoms with Gasteiger partial charge in [-0.15, -0.1) is 0 Å². The number of fused-ring (bicyclic) bond motifs is 3. The van der Waals surface area contributed by atoms with Crippen LogP contribution in [0.3, 0.4) is 0 Å². The Morgan fingerprint density at radius 3 is 2.74 bits per heavy atom. The zero-order valence-corrected chi connectivity index (χ0v) is 11.5. The van der Waals surface area contributed by atoms with Crippen LogP contribution < -0.4 is 5.32 Å². The van der Waals surface area contributed by atoms with Gasteiger partial charge in [0, 0.05) is 18.6 Å². The number of aromatic nitrogens is 1. The molecule has 0 aromatic carbocycles. The van der Waals surface area contributed by atoms with E-state index in [-0.39, 0.29) is 11.9 Å². The molecule has 0 radical (unpaired) electrons. The van der Waals surface area contributed by atoms with Gasteiger partial charge in [0.2, 0.25) is 0 Å². The molecule has 1 aromatic heterocycles. The summed E-state index contributed by atoms with van der Waals surface area (Å²) in [6.45, 7) is 5.83. The van der Waals surface area contributed by atoms with Gasteiger partial charge in [0.05, 0.1) is 11.9 Å². The monoisotopic (exact) mass is 263 g/mol. The van der Waals surface area contributed by atoms with Crippen LogP contribution in [-0.2, 0) is 0 Å². The normalized spacial score (nSPS) is 31.4. The molecule has 0 saturated carbocycles. The molecule has 3 saturated heterocycles. The minimum atomic E-state index is -0.263. The third-order valence-corrected chi connectivity index (χ3v) is 4.59. The fraction of sp³-hybridized carbons (Fsp3) is 0.667. The van der Waals surface area contributed by atoms with E-state index in [0.717, 1.165) is 24.6 Å². The number of hydrogen-bond donors (Lipinski definition) is 1. The third-order valence-electron chi connectivity index (χ3n) is 4.59. The van der Waals surface area contributed by atoms with Crippen LogP contribution in [-0.4, -0.2) is 35.6 Å². The van der Waals surface area contributed by atoms with Gasteiger partial charge < -0.3 is 10.2 Å². The van der Waals surface area contributed by atoms with Crippen LogP contribution in [0.25, 0.3) is 0 Å². The topological polar surface area (TPSA) is 28.2 Å². The smallest absolute Gasteiger partial charge is 0.141 e. The molecule has 3 nitrogen and oxygen atoms in total. The number of piperidine rings is 3. The average molecular weight is 263 g/mol. The molecule has 0 aliphatic carbocycles. The number of halogens is 1. The Kier molecular flexibility index (Phi) is 3.80. The molecule has 2 bridgehead atoms. The summed E-state index contributed by atoms with van der Waals surface area (Å²) >= 11 is 0. The van der Waals surface area contributed by atoms with Crippen molar-refractivity contribution in [2.24, 2.45) is 5.92 Å². The van der Waals surface area contributed by atoms with Gasteiger partial charge in [0.25, 0.3) is 0 Å². The Labute approximate surface area is 114 Å². The SMILES string of the molecule is CCC(NC1CN2CCC1CC2)c1ccc(F)cn1. The van der Waals surface area contributed by atoms with Crippen LogP contribution in [0, 0.1) is 11.7 Å². The molecular formula is C15H22FN3. The first-order valence-electron chi connectivity index (χ1n) is 7.36. The lowest BCUT2D eigenvalue weighted by Gasteiger charge is -2.46. The summed E-state index contributed by atoms with van der Waals surface area (Å²) in [6, 6.07) is 4.12. The number of nitrogens with one attached hydrogen (secondary N) is 1. The van der Waals surface area contributed by atoms with Crippen molar-refractivity contribution in [3.63, 3.8) is 0 Å². The van der Waals surface area contributed by atoms with Gasteiger partial charge in [0.15, 0.2) is 0 Å². The zero-order valence-electron chi connectivity index (χ0n) is 11.5. The third kappa shape index (κ3) is 2.79. The van der Waals surface area contributed by atoms with E-state index < -0.39 is 0 Å². The van der Waals surface area contributed by atoms with Crippen LogP contribution in [0.2, 0.25) is 0 Å². The van der Waals surface area contributed by atoms with E-state index in [1.807, 2.05) is 0 Å². The van der Waals surface area contributed by atoms with E-state index in [2.05, 4.69) is 22.1 Å². The number of pyridine rings is 1. The number of rotatable bonds is 4. The Hall–Kier alpha value is -1.00. The molecule has 19 heavy (non-hydrogen) atoms. The highest BCUT2D eigenvalue weighted by Gasteiger charge is 2.35. The molecule has 1 N–H and O–H groups in total. The second-order valence-corrected chi connectivity index (χ2v) is 5.77. The molecule has 4 heterocycles. The van der Waals surface area contributed by atoms with Gasteiger partial charge in [-0.05, 0) is 50.4 Å². The van der Waals surface area contributed by atoms with Crippen molar-refractivity contribution < 1.29 is 4.39 Å². The first-order valence-corrected chi connectivity index (χ1v) is 7.36. The van der Waals surface area contributed by atoms with Crippen LogP contribution in [0.1, 0.15) is 37.9 Å². The van der Waals surface area contributed by atoms with E-state index in [4.69, 9.17) is 0 Å². The lowest BCUT2D eigenvalue weighted by atomic mass is 9.83. The fourth-order valence-corrected chi connectivity index (χ4v) is 3.42. The molecule has 4 heteroatoms. The summed E-state index contributed by atoms with van der Waals surface area (Å²) in [4.78, 5) is 6.77. The standard InChI is InChI=1S/C15H22FN3/c1-2-13(14-4-3-12(16)9-17-14)18-15-10-19-7-5-11(15)6-8-19/h3-4,9,11,13,15,18H,2,5-8,10H2,1H3. The summed E-state index contributed by atoms with van der Waals surface area (Å²) in [5, 5.41) is 3.75. The van der Waals surface area contributed by atoms with E-state index >= 15 is 0 Å². The maximum absolute atomic E-state index is 12.9. The van der Waals surface area contributed by atoms with Crippen molar-refractivity contribution in [2.75, 3.05) is 19.6 Å². The quantitative estimate of drug-likeness (QED) is 0.904. The van der Waals surface area contributed by atoms with Crippen LogP contribution in [0.4, 0.5) is 4.39 Å². The zero-order chi connectivity index (χ0) is 13.2. The minimum absolute atomic E-state index is 0.242.